The lowest BCUT2D eigenvalue weighted by atomic mass is 9.88. The Morgan fingerprint density at radius 2 is 1.70 bits per heavy atom. The van der Waals surface area contributed by atoms with Gasteiger partial charge < -0.3 is 4.74 Å². The van der Waals surface area contributed by atoms with Crippen LogP contribution in [0.15, 0.2) is 60.9 Å². The van der Waals surface area contributed by atoms with E-state index in [1.165, 1.54) is 35.2 Å². The van der Waals surface area contributed by atoms with Crippen molar-refractivity contribution in [3.63, 3.8) is 0 Å². The second kappa shape index (κ2) is 6.54. The molecule has 0 spiro atoms. The summed E-state index contributed by atoms with van der Waals surface area (Å²) in [7, 11) is 1.69. The van der Waals surface area contributed by atoms with Gasteiger partial charge in [-0.15, -0.1) is 0 Å². The van der Waals surface area contributed by atoms with E-state index >= 15 is 0 Å². The van der Waals surface area contributed by atoms with E-state index < -0.39 is 0 Å². The summed E-state index contributed by atoms with van der Waals surface area (Å²) in [5, 5.41) is 0. The van der Waals surface area contributed by atoms with Gasteiger partial charge in [0.25, 0.3) is 0 Å². The molecule has 1 aliphatic carbocycles. The van der Waals surface area contributed by atoms with Gasteiger partial charge in [-0.3, -0.25) is 4.57 Å². The summed E-state index contributed by atoms with van der Waals surface area (Å²) in [5.74, 6) is 0.849. The zero-order valence-electron chi connectivity index (χ0n) is 15.4. The highest BCUT2D eigenvalue weighted by Crippen LogP contribution is 2.37. The highest BCUT2D eigenvalue weighted by atomic mass is 16.5. The second-order valence-electron chi connectivity index (χ2n) is 6.97. The van der Waals surface area contributed by atoms with Crippen molar-refractivity contribution in [2.24, 2.45) is 0 Å². The van der Waals surface area contributed by atoms with Gasteiger partial charge in [-0.2, -0.15) is 0 Å². The maximum atomic E-state index is 5.30. The summed E-state index contributed by atoms with van der Waals surface area (Å²) in [4.78, 5) is 9.58. The molecule has 4 heteroatoms. The Kier molecular flexibility index (Phi) is 3.89. The minimum atomic E-state index is 0.824. The number of fused-ring (bicyclic) bond motifs is 2. The Labute approximate surface area is 158 Å². The molecule has 27 heavy (non-hydrogen) atoms. The predicted molar refractivity (Wildman–Crippen MR) is 107 cm³/mol. The second-order valence-corrected chi connectivity index (χ2v) is 6.97. The van der Waals surface area contributed by atoms with Crippen LogP contribution in [0, 0.1) is 0 Å². The molecule has 134 valence electrons. The number of imidazole rings is 1. The molecule has 0 fully saturated rings. The third kappa shape index (κ3) is 2.69. The Hall–Kier alpha value is -3.14. The van der Waals surface area contributed by atoms with E-state index in [0.29, 0.717) is 0 Å². The lowest BCUT2D eigenvalue weighted by molar-refractivity contribution is 0.415. The number of hydrogen-bond acceptors (Lipinski definition) is 3. The van der Waals surface area contributed by atoms with Crippen molar-refractivity contribution in [1.82, 2.24) is 14.5 Å². The van der Waals surface area contributed by atoms with E-state index in [2.05, 4.69) is 52.0 Å². The van der Waals surface area contributed by atoms with E-state index in [9.17, 15) is 0 Å². The van der Waals surface area contributed by atoms with Crippen molar-refractivity contribution in [1.29, 1.82) is 0 Å². The normalized spacial score (nSPS) is 13.5. The fourth-order valence-electron chi connectivity index (χ4n) is 4.06. The highest BCUT2D eigenvalue weighted by molar-refractivity contribution is 5.94. The van der Waals surface area contributed by atoms with Crippen LogP contribution in [0.5, 0.6) is 5.75 Å². The summed E-state index contributed by atoms with van der Waals surface area (Å²) < 4.78 is 7.46. The van der Waals surface area contributed by atoms with Crippen LogP contribution in [-0.4, -0.2) is 21.6 Å². The molecule has 0 unspecified atom stereocenters. The topological polar surface area (TPSA) is 39.9 Å². The van der Waals surface area contributed by atoms with Crippen LogP contribution in [0.25, 0.3) is 28.0 Å². The van der Waals surface area contributed by atoms with Crippen molar-refractivity contribution < 1.29 is 4.74 Å². The number of benzene rings is 2. The molecule has 0 aliphatic heterocycles. The lowest BCUT2D eigenvalue weighted by Crippen LogP contribution is -2.09. The number of hydrogen-bond donors (Lipinski definition) is 0. The molecule has 1 aliphatic rings. The minimum Gasteiger partial charge on any atom is -0.497 e. The minimum absolute atomic E-state index is 0.824. The average Bonchev–Trinajstić information content (AvgIpc) is 3.16. The molecule has 4 nitrogen and oxygen atoms in total. The van der Waals surface area contributed by atoms with Gasteiger partial charge in [0.2, 0.25) is 0 Å². The zero-order chi connectivity index (χ0) is 18.2. The molecule has 5 rings (SSSR count). The van der Waals surface area contributed by atoms with Gasteiger partial charge in [-0.25, -0.2) is 9.97 Å². The maximum absolute atomic E-state index is 5.30. The van der Waals surface area contributed by atoms with Gasteiger partial charge in [-0.1, -0.05) is 30.3 Å². The maximum Gasteiger partial charge on any atom is 0.178 e. The van der Waals surface area contributed by atoms with Gasteiger partial charge in [0.1, 0.15) is 17.6 Å². The number of nitrogens with zero attached hydrogens (tertiary/aromatic N) is 3. The van der Waals surface area contributed by atoms with Gasteiger partial charge >= 0.3 is 0 Å². The van der Waals surface area contributed by atoms with Crippen molar-refractivity contribution >= 4 is 11.2 Å². The van der Waals surface area contributed by atoms with E-state index in [0.717, 1.165) is 35.4 Å². The van der Waals surface area contributed by atoms with E-state index in [1.54, 1.807) is 7.11 Å². The molecule has 2 heterocycles. The largest absolute Gasteiger partial charge is 0.497 e. The quantitative estimate of drug-likeness (QED) is 0.521. The van der Waals surface area contributed by atoms with Crippen LogP contribution >= 0.6 is 0 Å². The molecular weight excluding hydrogens is 334 g/mol. The summed E-state index contributed by atoms with van der Waals surface area (Å²) in [6, 6.07) is 18.7. The first kappa shape index (κ1) is 16.1. The Bertz CT molecular complexity index is 1100. The first-order chi connectivity index (χ1) is 13.3. The van der Waals surface area contributed by atoms with Crippen molar-refractivity contribution in [3.05, 3.63) is 72.2 Å². The molecule has 0 bridgehead atoms. The van der Waals surface area contributed by atoms with Crippen molar-refractivity contribution in [2.45, 2.75) is 25.7 Å². The number of aromatic nitrogens is 3. The molecule has 0 saturated carbocycles. The summed E-state index contributed by atoms with van der Waals surface area (Å²) >= 11 is 0. The zero-order valence-corrected chi connectivity index (χ0v) is 15.4. The predicted octanol–water partition coefficient (Wildman–Crippen LogP) is 4.97. The summed E-state index contributed by atoms with van der Waals surface area (Å²) in [5.41, 5.74) is 8.09. The fourth-order valence-corrected chi connectivity index (χ4v) is 4.06. The smallest absolute Gasteiger partial charge is 0.178 e. The number of rotatable bonds is 3. The van der Waals surface area contributed by atoms with E-state index in [-0.39, 0.29) is 0 Å². The van der Waals surface area contributed by atoms with Crippen molar-refractivity contribution in [3.8, 4) is 22.6 Å². The van der Waals surface area contributed by atoms with Crippen molar-refractivity contribution in [2.75, 3.05) is 7.11 Å². The van der Waals surface area contributed by atoms with E-state index in [1.807, 2.05) is 18.5 Å². The van der Waals surface area contributed by atoms with Crippen LogP contribution < -0.4 is 4.74 Å². The monoisotopic (exact) mass is 355 g/mol. The molecular formula is C23H21N3O. The first-order valence-electron chi connectivity index (χ1n) is 9.44. The highest BCUT2D eigenvalue weighted by Gasteiger charge is 2.22. The average molecular weight is 355 g/mol. The Morgan fingerprint density at radius 1 is 0.926 bits per heavy atom. The fraction of sp³-hybridized carbons (Fsp3) is 0.217. The molecule has 4 aromatic rings. The Balaban J connectivity index is 1.81. The van der Waals surface area contributed by atoms with Crippen LogP contribution in [0.1, 0.15) is 24.1 Å². The van der Waals surface area contributed by atoms with Gasteiger partial charge in [-0.05, 0) is 61.1 Å². The summed E-state index contributed by atoms with van der Waals surface area (Å²) in [6.07, 6.45) is 6.43. The van der Waals surface area contributed by atoms with Gasteiger partial charge in [0.05, 0.1) is 7.11 Å². The number of methoxy groups -OCH3 is 1. The molecule has 0 N–H and O–H groups in total. The molecule has 0 radical (unpaired) electrons. The SMILES string of the molecule is COc1ccc(-n2cnc3nc4c(c(-c5ccccc5)c32)CCCC4)cc1. The molecule has 2 aromatic carbocycles. The number of pyridine rings is 1. The van der Waals surface area contributed by atoms with E-state index in [4.69, 9.17) is 9.72 Å². The summed E-state index contributed by atoms with van der Waals surface area (Å²) in [6.45, 7) is 0. The molecule has 2 aromatic heterocycles. The van der Waals surface area contributed by atoms with Gasteiger partial charge in [0, 0.05) is 16.9 Å². The first-order valence-corrected chi connectivity index (χ1v) is 9.44. The third-order valence-corrected chi connectivity index (χ3v) is 5.38. The van der Waals surface area contributed by atoms with Gasteiger partial charge in [0.15, 0.2) is 5.65 Å². The molecule has 0 atom stereocenters. The standard InChI is InChI=1S/C23H21N3O/c1-27-18-13-11-17(12-14-18)26-15-24-23-22(26)21(16-7-3-2-4-8-16)19-9-5-6-10-20(19)25-23/h2-4,7-8,11-15H,5-6,9-10H2,1H3. The van der Waals surface area contributed by atoms with Crippen LogP contribution in [0.4, 0.5) is 0 Å². The molecule has 0 amide bonds. The van der Waals surface area contributed by atoms with Crippen LogP contribution in [0.3, 0.4) is 0 Å². The third-order valence-electron chi connectivity index (χ3n) is 5.38. The lowest BCUT2D eigenvalue weighted by Gasteiger charge is -2.20. The van der Waals surface area contributed by atoms with Crippen LogP contribution in [-0.2, 0) is 12.8 Å². The Morgan fingerprint density at radius 3 is 2.48 bits per heavy atom. The molecule has 0 saturated heterocycles. The van der Waals surface area contributed by atoms with Crippen LogP contribution in [0.2, 0.25) is 0 Å². The number of ether oxygens (including phenoxy) is 1. The number of aryl methyl sites for hydroxylation is 1.